The highest BCUT2D eigenvalue weighted by Gasteiger charge is 2.42. The van der Waals surface area contributed by atoms with Crippen molar-refractivity contribution in [2.45, 2.75) is 43.9 Å². The molecule has 1 aromatic rings. The van der Waals surface area contributed by atoms with Gasteiger partial charge in [-0.1, -0.05) is 11.6 Å². The second kappa shape index (κ2) is 6.24. The van der Waals surface area contributed by atoms with Gasteiger partial charge in [0.15, 0.2) is 0 Å². The van der Waals surface area contributed by atoms with Crippen molar-refractivity contribution in [3.8, 4) is 0 Å². The fourth-order valence-corrected chi connectivity index (χ4v) is 3.44. The second-order valence-electron chi connectivity index (χ2n) is 6.37. The van der Waals surface area contributed by atoms with Gasteiger partial charge < -0.3 is 15.3 Å². The number of aliphatic hydroxyl groups excluding tert-OH is 1. The molecule has 3 atom stereocenters. The maximum Gasteiger partial charge on any atom is 0.317 e. The normalized spacial score (nSPS) is 29.9. The molecule has 0 spiro atoms. The Kier molecular flexibility index (Phi) is 4.46. The Morgan fingerprint density at radius 3 is 2.91 bits per heavy atom. The van der Waals surface area contributed by atoms with E-state index in [2.05, 4.69) is 10.4 Å². The maximum atomic E-state index is 13.2. The van der Waals surface area contributed by atoms with Gasteiger partial charge in [-0.05, 0) is 18.8 Å². The monoisotopic (exact) mass is 348 g/mol. The van der Waals surface area contributed by atoms with Crippen molar-refractivity contribution in [2.75, 3.05) is 13.1 Å². The number of rotatable bonds is 3. The first kappa shape index (κ1) is 16.4. The van der Waals surface area contributed by atoms with Crippen LogP contribution in [0.15, 0.2) is 12.4 Å². The van der Waals surface area contributed by atoms with E-state index in [1.54, 1.807) is 17.1 Å². The summed E-state index contributed by atoms with van der Waals surface area (Å²) in [5.41, 5.74) is 0. The molecule has 2 heterocycles. The average Bonchev–Trinajstić information content (AvgIpc) is 3.11. The Balaban J connectivity index is 1.52. The number of hydrogen-bond acceptors (Lipinski definition) is 3. The molecule has 0 bridgehead atoms. The molecular formula is C14H19ClF2N4O2. The van der Waals surface area contributed by atoms with E-state index in [9.17, 15) is 18.7 Å². The number of nitrogens with zero attached hydrogens (tertiary/aromatic N) is 3. The van der Waals surface area contributed by atoms with Crippen molar-refractivity contribution < 1.29 is 18.7 Å². The lowest BCUT2D eigenvalue weighted by Gasteiger charge is -2.22. The molecule has 3 rings (SSSR count). The molecule has 128 valence electrons. The molecule has 2 N–H and O–H groups in total. The molecular weight excluding hydrogens is 330 g/mol. The highest BCUT2D eigenvalue weighted by molar-refractivity contribution is 6.30. The van der Waals surface area contributed by atoms with E-state index in [4.69, 9.17) is 11.6 Å². The largest absolute Gasteiger partial charge is 0.391 e. The van der Waals surface area contributed by atoms with Gasteiger partial charge in [0.05, 0.1) is 29.9 Å². The minimum absolute atomic E-state index is 0.0386. The average molecular weight is 349 g/mol. The van der Waals surface area contributed by atoms with Gasteiger partial charge in [0, 0.05) is 25.7 Å². The Morgan fingerprint density at radius 1 is 1.52 bits per heavy atom. The number of carbonyl (C=O) groups excluding carboxylic acids is 1. The molecule has 2 fully saturated rings. The lowest BCUT2D eigenvalue weighted by Crippen LogP contribution is -2.47. The van der Waals surface area contributed by atoms with Crippen LogP contribution >= 0.6 is 11.6 Å². The molecule has 2 aliphatic rings. The molecule has 1 saturated heterocycles. The fraction of sp³-hybridized carbons (Fsp3) is 0.714. The molecule has 6 nitrogen and oxygen atoms in total. The molecule has 1 aliphatic carbocycles. The Bertz CT molecular complexity index is 583. The van der Waals surface area contributed by atoms with E-state index >= 15 is 0 Å². The number of hydrogen-bond donors (Lipinski definition) is 2. The quantitative estimate of drug-likeness (QED) is 0.874. The summed E-state index contributed by atoms with van der Waals surface area (Å²) < 4.78 is 28.0. The third-order valence-corrected chi connectivity index (χ3v) is 4.63. The van der Waals surface area contributed by atoms with Gasteiger partial charge in [0.25, 0.3) is 5.92 Å². The molecule has 23 heavy (non-hydrogen) atoms. The second-order valence-corrected chi connectivity index (χ2v) is 6.81. The van der Waals surface area contributed by atoms with E-state index in [0.717, 1.165) is 4.90 Å². The number of aliphatic hydroxyl groups is 1. The zero-order valence-electron chi connectivity index (χ0n) is 12.5. The summed E-state index contributed by atoms with van der Waals surface area (Å²) >= 11 is 5.81. The van der Waals surface area contributed by atoms with E-state index < -0.39 is 30.6 Å². The van der Waals surface area contributed by atoms with Gasteiger partial charge in [-0.25, -0.2) is 13.6 Å². The fourth-order valence-electron chi connectivity index (χ4n) is 3.28. The van der Waals surface area contributed by atoms with Gasteiger partial charge >= 0.3 is 6.03 Å². The maximum absolute atomic E-state index is 13.2. The summed E-state index contributed by atoms with van der Waals surface area (Å²) in [5, 5.41) is 17.4. The third kappa shape index (κ3) is 3.92. The summed E-state index contributed by atoms with van der Waals surface area (Å²) in [4.78, 5) is 13.1. The lowest BCUT2D eigenvalue weighted by atomic mass is 10.1. The van der Waals surface area contributed by atoms with E-state index in [1.165, 1.54) is 0 Å². The number of alkyl halides is 2. The molecule has 2 amide bonds. The predicted octanol–water partition coefficient (Wildman–Crippen LogP) is 1.73. The van der Waals surface area contributed by atoms with Crippen molar-refractivity contribution >= 4 is 17.6 Å². The summed E-state index contributed by atoms with van der Waals surface area (Å²) in [7, 11) is 0. The van der Waals surface area contributed by atoms with Crippen LogP contribution in [0.3, 0.4) is 0 Å². The van der Waals surface area contributed by atoms with Crippen LogP contribution in [0.1, 0.15) is 19.3 Å². The highest BCUT2D eigenvalue weighted by Crippen LogP contribution is 2.29. The Labute approximate surface area is 137 Å². The van der Waals surface area contributed by atoms with Gasteiger partial charge in [-0.2, -0.15) is 5.10 Å². The van der Waals surface area contributed by atoms with Crippen molar-refractivity contribution in [1.82, 2.24) is 20.0 Å². The Hall–Kier alpha value is -1.41. The smallest absolute Gasteiger partial charge is 0.317 e. The molecule has 1 aromatic heterocycles. The van der Waals surface area contributed by atoms with E-state index in [0.29, 0.717) is 24.4 Å². The number of amides is 2. The van der Waals surface area contributed by atoms with Crippen molar-refractivity contribution in [3.05, 3.63) is 17.4 Å². The van der Waals surface area contributed by atoms with Crippen LogP contribution in [0.4, 0.5) is 13.6 Å². The SMILES string of the molecule is O=C(N[C@@H]1CC(Cn2cc(Cl)cn2)C[C@H]1O)N1CCC(F)(F)C1. The van der Waals surface area contributed by atoms with Crippen molar-refractivity contribution in [3.63, 3.8) is 0 Å². The summed E-state index contributed by atoms with van der Waals surface area (Å²) in [5.74, 6) is -2.67. The Morgan fingerprint density at radius 2 is 2.30 bits per heavy atom. The molecule has 1 saturated carbocycles. The van der Waals surface area contributed by atoms with Crippen molar-refractivity contribution in [1.29, 1.82) is 0 Å². The molecule has 0 radical (unpaired) electrons. The van der Waals surface area contributed by atoms with Gasteiger partial charge in [-0.15, -0.1) is 0 Å². The predicted molar refractivity (Wildman–Crippen MR) is 79.4 cm³/mol. The minimum atomic E-state index is -2.81. The summed E-state index contributed by atoms with van der Waals surface area (Å²) in [6.45, 7) is 0.0751. The number of likely N-dealkylation sites (tertiary alicyclic amines) is 1. The van der Waals surface area contributed by atoms with E-state index in [1.807, 2.05) is 0 Å². The van der Waals surface area contributed by atoms with Crippen LogP contribution in [0, 0.1) is 5.92 Å². The standard InChI is InChI=1S/C14H19ClF2N4O2/c15-10-5-18-21(7-10)6-9-3-11(12(22)4-9)19-13(23)20-2-1-14(16,17)8-20/h5,7,9,11-12,22H,1-4,6,8H2,(H,19,23)/t9?,11-,12-/m1/s1. The highest BCUT2D eigenvalue weighted by atomic mass is 35.5. The topological polar surface area (TPSA) is 70.4 Å². The number of urea groups is 1. The van der Waals surface area contributed by atoms with Gasteiger partial charge in [0.1, 0.15) is 0 Å². The molecule has 0 aromatic carbocycles. The van der Waals surface area contributed by atoms with Crippen LogP contribution in [-0.4, -0.2) is 57.0 Å². The number of nitrogens with one attached hydrogen (secondary N) is 1. The van der Waals surface area contributed by atoms with Gasteiger partial charge in [-0.3, -0.25) is 4.68 Å². The van der Waals surface area contributed by atoms with Crippen LogP contribution < -0.4 is 5.32 Å². The van der Waals surface area contributed by atoms with Crippen LogP contribution in [0.2, 0.25) is 5.02 Å². The zero-order valence-corrected chi connectivity index (χ0v) is 13.2. The first-order valence-corrected chi connectivity index (χ1v) is 7.99. The number of halogens is 3. The molecule has 1 aliphatic heterocycles. The van der Waals surface area contributed by atoms with Gasteiger partial charge in [0.2, 0.25) is 0 Å². The molecule has 1 unspecified atom stereocenters. The third-order valence-electron chi connectivity index (χ3n) is 4.44. The first-order chi connectivity index (χ1) is 10.8. The molecule has 9 heteroatoms. The summed E-state index contributed by atoms with van der Waals surface area (Å²) in [6, 6.07) is -0.957. The first-order valence-electron chi connectivity index (χ1n) is 7.62. The number of aromatic nitrogens is 2. The van der Waals surface area contributed by atoms with E-state index in [-0.39, 0.29) is 18.9 Å². The zero-order chi connectivity index (χ0) is 16.6. The summed E-state index contributed by atoms with van der Waals surface area (Å²) in [6.07, 6.45) is 3.35. The van der Waals surface area contributed by atoms with Crippen LogP contribution in [-0.2, 0) is 6.54 Å². The van der Waals surface area contributed by atoms with Crippen LogP contribution in [0.5, 0.6) is 0 Å². The van der Waals surface area contributed by atoms with Crippen molar-refractivity contribution in [2.24, 2.45) is 5.92 Å². The number of carbonyl (C=O) groups is 1. The minimum Gasteiger partial charge on any atom is -0.391 e. The van der Waals surface area contributed by atoms with Crippen LogP contribution in [0.25, 0.3) is 0 Å². The lowest BCUT2D eigenvalue weighted by molar-refractivity contribution is 0.0151.